The van der Waals surface area contributed by atoms with Crippen molar-refractivity contribution < 1.29 is 0 Å². The third-order valence-electron chi connectivity index (χ3n) is 2.34. The number of allylic oxidation sites excluding steroid dienone is 3. The number of thioether (sulfide) groups is 1. The van der Waals surface area contributed by atoms with E-state index in [2.05, 4.69) is 31.2 Å². The third kappa shape index (κ3) is 2.92. The van der Waals surface area contributed by atoms with E-state index in [0.717, 1.165) is 6.42 Å². The van der Waals surface area contributed by atoms with E-state index in [1.54, 1.807) is 6.20 Å². The molecule has 0 saturated heterocycles. The van der Waals surface area contributed by atoms with Crippen LogP contribution in [0, 0.1) is 0 Å². The third-order valence-corrected chi connectivity index (χ3v) is 3.67. The van der Waals surface area contributed by atoms with Crippen molar-refractivity contribution >= 4 is 11.8 Å². The van der Waals surface area contributed by atoms with Crippen molar-refractivity contribution in [2.24, 2.45) is 5.73 Å². The molecule has 1 aliphatic heterocycles. The molecule has 86 valence electrons. The van der Waals surface area contributed by atoms with Crippen molar-refractivity contribution in [3.63, 3.8) is 0 Å². The van der Waals surface area contributed by atoms with Gasteiger partial charge in [0.2, 0.25) is 0 Å². The maximum absolute atomic E-state index is 5.38. The van der Waals surface area contributed by atoms with Gasteiger partial charge in [-0.1, -0.05) is 43.8 Å². The summed E-state index contributed by atoms with van der Waals surface area (Å²) in [5, 5.41) is 0. The van der Waals surface area contributed by atoms with Gasteiger partial charge in [0.1, 0.15) is 0 Å². The second-order valence-corrected chi connectivity index (χ2v) is 4.49. The van der Waals surface area contributed by atoms with E-state index in [1.807, 2.05) is 31.7 Å². The van der Waals surface area contributed by atoms with Crippen LogP contribution >= 0.6 is 11.8 Å². The zero-order valence-electron chi connectivity index (χ0n) is 10.2. The molecule has 1 aromatic rings. The molecule has 1 aliphatic rings. The van der Waals surface area contributed by atoms with E-state index >= 15 is 0 Å². The van der Waals surface area contributed by atoms with Gasteiger partial charge in [0.05, 0.1) is 0 Å². The van der Waals surface area contributed by atoms with E-state index < -0.39 is 0 Å². The van der Waals surface area contributed by atoms with Gasteiger partial charge in [-0.2, -0.15) is 0 Å². The van der Waals surface area contributed by atoms with Crippen molar-refractivity contribution in [1.29, 1.82) is 0 Å². The second-order valence-electron chi connectivity index (χ2n) is 3.35. The number of hydrogen-bond acceptors (Lipinski definition) is 2. The summed E-state index contributed by atoms with van der Waals surface area (Å²) in [6.07, 6.45) is 4.62. The summed E-state index contributed by atoms with van der Waals surface area (Å²) >= 11 is 1.86. The first-order valence-corrected chi connectivity index (χ1v) is 6.46. The predicted molar refractivity (Wildman–Crippen MR) is 73.4 cm³/mol. The highest BCUT2D eigenvalue weighted by Crippen LogP contribution is 2.41. The topological polar surface area (TPSA) is 26.0 Å². The lowest BCUT2D eigenvalue weighted by atomic mass is 10.1. The lowest BCUT2D eigenvalue weighted by molar-refractivity contribution is 1.19. The van der Waals surface area contributed by atoms with Crippen molar-refractivity contribution in [3.05, 3.63) is 52.6 Å². The van der Waals surface area contributed by atoms with Gasteiger partial charge in [0.25, 0.3) is 0 Å². The summed E-state index contributed by atoms with van der Waals surface area (Å²) in [4.78, 5) is 2.79. The van der Waals surface area contributed by atoms with Gasteiger partial charge in [-0.25, -0.2) is 0 Å². The van der Waals surface area contributed by atoms with Gasteiger partial charge in [-0.05, 0) is 41.3 Å². The highest BCUT2D eigenvalue weighted by atomic mass is 32.2. The van der Waals surface area contributed by atoms with E-state index in [0.29, 0.717) is 0 Å². The van der Waals surface area contributed by atoms with Gasteiger partial charge in [0, 0.05) is 11.3 Å². The van der Waals surface area contributed by atoms with E-state index in [1.165, 1.54) is 20.9 Å². The van der Waals surface area contributed by atoms with Crippen LogP contribution in [0.25, 0.3) is 0 Å². The van der Waals surface area contributed by atoms with Crippen molar-refractivity contribution in [2.75, 3.05) is 0 Å². The van der Waals surface area contributed by atoms with Gasteiger partial charge in [-0.3, -0.25) is 0 Å². The first-order valence-electron chi connectivity index (χ1n) is 5.65. The Morgan fingerprint density at radius 3 is 2.62 bits per heavy atom. The zero-order chi connectivity index (χ0) is 12.0. The largest absolute Gasteiger partial charge is 0.405 e. The molecule has 0 spiro atoms. The lowest BCUT2D eigenvalue weighted by Gasteiger charge is -1.97. The molecular weight excluding hydrogens is 214 g/mol. The Morgan fingerprint density at radius 1 is 1.31 bits per heavy atom. The van der Waals surface area contributed by atoms with Crippen LogP contribution in [0.3, 0.4) is 0 Å². The summed E-state index contributed by atoms with van der Waals surface area (Å²) in [6, 6.07) is 8.54. The number of nitrogens with two attached hydrogens (primary N) is 1. The van der Waals surface area contributed by atoms with Crippen LogP contribution in [0.5, 0.6) is 0 Å². The molecule has 2 heteroatoms. The Morgan fingerprint density at radius 2 is 2.00 bits per heavy atom. The number of fused-ring (bicyclic) bond motifs is 1. The molecule has 0 saturated carbocycles. The summed E-state index contributed by atoms with van der Waals surface area (Å²) in [7, 11) is 0. The summed E-state index contributed by atoms with van der Waals surface area (Å²) in [5.41, 5.74) is 8.08. The number of rotatable bonds is 1. The highest BCUT2D eigenvalue weighted by molar-refractivity contribution is 8.03. The highest BCUT2D eigenvalue weighted by Gasteiger charge is 2.16. The Hall–Kier alpha value is -1.15. The Kier molecular flexibility index (Phi) is 5.20. The average molecular weight is 233 g/mol. The van der Waals surface area contributed by atoms with E-state index in [-0.39, 0.29) is 0 Å². The number of benzene rings is 1. The van der Waals surface area contributed by atoms with E-state index in [4.69, 9.17) is 5.73 Å². The van der Waals surface area contributed by atoms with Crippen molar-refractivity contribution in [2.45, 2.75) is 32.1 Å². The Bertz CT molecular complexity index is 378. The van der Waals surface area contributed by atoms with Gasteiger partial charge < -0.3 is 5.73 Å². The summed E-state index contributed by atoms with van der Waals surface area (Å²) in [5.74, 6) is 0. The SMILES string of the molecule is CC.CC(/C=C\N)=C1/Cc2ccccc2S1. The molecule has 0 bridgehead atoms. The zero-order valence-corrected chi connectivity index (χ0v) is 11.0. The quantitative estimate of drug-likeness (QED) is 0.790. The predicted octanol–water partition coefficient (Wildman–Crippen LogP) is 4.11. The molecule has 0 atom stereocenters. The van der Waals surface area contributed by atoms with Gasteiger partial charge >= 0.3 is 0 Å². The van der Waals surface area contributed by atoms with Gasteiger partial charge in [0.15, 0.2) is 0 Å². The van der Waals surface area contributed by atoms with Crippen LogP contribution in [0.4, 0.5) is 0 Å². The van der Waals surface area contributed by atoms with Crippen LogP contribution in [0.1, 0.15) is 26.3 Å². The second kappa shape index (κ2) is 6.44. The first kappa shape index (κ1) is 12.9. The van der Waals surface area contributed by atoms with Crippen molar-refractivity contribution in [1.82, 2.24) is 0 Å². The van der Waals surface area contributed by atoms with Gasteiger partial charge in [-0.15, -0.1) is 0 Å². The molecule has 1 nitrogen and oxygen atoms in total. The minimum atomic E-state index is 1.05. The molecule has 1 heterocycles. The maximum Gasteiger partial charge on any atom is 0.0154 e. The molecule has 0 radical (unpaired) electrons. The molecule has 1 aromatic carbocycles. The molecule has 0 aliphatic carbocycles. The molecule has 0 unspecified atom stereocenters. The molecule has 0 fully saturated rings. The Balaban J connectivity index is 0.000000606. The molecule has 0 aromatic heterocycles. The fourth-order valence-corrected chi connectivity index (χ4v) is 2.69. The first-order chi connectivity index (χ1) is 7.81. The van der Waals surface area contributed by atoms with Crippen molar-refractivity contribution in [3.8, 4) is 0 Å². The average Bonchev–Trinajstić information content (AvgIpc) is 2.75. The molecule has 2 N–H and O–H groups in total. The van der Waals surface area contributed by atoms with Crippen LogP contribution in [-0.4, -0.2) is 0 Å². The monoisotopic (exact) mass is 233 g/mol. The van der Waals surface area contributed by atoms with E-state index in [9.17, 15) is 0 Å². The van der Waals surface area contributed by atoms with Crippen LogP contribution in [0.2, 0.25) is 0 Å². The Labute approximate surface area is 102 Å². The van der Waals surface area contributed by atoms with Crippen LogP contribution in [-0.2, 0) is 6.42 Å². The van der Waals surface area contributed by atoms with Crippen LogP contribution in [0.15, 0.2) is 51.9 Å². The maximum atomic E-state index is 5.38. The molecule has 0 amide bonds. The lowest BCUT2D eigenvalue weighted by Crippen LogP contribution is -1.83. The fraction of sp³-hybridized carbons (Fsp3) is 0.286. The van der Waals surface area contributed by atoms with Crippen LogP contribution < -0.4 is 5.73 Å². The molecular formula is C14H19NS. The normalized spacial score (nSPS) is 16.7. The molecule has 16 heavy (non-hydrogen) atoms. The standard InChI is InChI=1S/C12H13NS.C2H6/c1-9(6-7-13)12-8-10-4-2-3-5-11(10)14-12;1-2/h2-7H,8,13H2,1H3;1-2H3/b7-6-,12-9+;. The summed E-state index contributed by atoms with van der Waals surface area (Å²) in [6.45, 7) is 6.11. The fourth-order valence-electron chi connectivity index (χ4n) is 1.55. The minimum absolute atomic E-state index is 1.05. The smallest absolute Gasteiger partial charge is 0.0154 e. The minimum Gasteiger partial charge on any atom is -0.405 e. The molecule has 2 rings (SSSR count). The number of hydrogen-bond donors (Lipinski definition) is 1. The summed E-state index contributed by atoms with van der Waals surface area (Å²) < 4.78 is 0.